The van der Waals surface area contributed by atoms with Crippen LogP contribution in [0.2, 0.25) is 0 Å². The van der Waals surface area contributed by atoms with Gasteiger partial charge in [0.15, 0.2) is 0 Å². The van der Waals surface area contributed by atoms with E-state index >= 15 is 0 Å². The van der Waals surface area contributed by atoms with Crippen molar-refractivity contribution in [3.63, 3.8) is 0 Å². The molecule has 6 heteroatoms. The standard InChI is InChI=1S/C35H48O6/c1-10-25(40-33(36)22(4)5)20-38-31-27-15-13-14-16-28(27)32(39-21-26(11-2)41-34(37)23(6)7)30-19-24(17-18-29(30)31)35(8,9)12-3/h13-19,22-23,25-26H,10-12,20-21H2,1-9H3. The number of carbonyl (C=O) groups excluding carboxylic acids is 2. The summed E-state index contributed by atoms with van der Waals surface area (Å²) in [5, 5.41) is 3.69. The first kappa shape index (κ1) is 32.2. The zero-order valence-corrected chi connectivity index (χ0v) is 26.3. The third kappa shape index (κ3) is 7.72. The average Bonchev–Trinajstić information content (AvgIpc) is 2.96. The molecule has 0 spiro atoms. The fraction of sp³-hybridized carbons (Fsp3) is 0.543. The van der Waals surface area contributed by atoms with E-state index in [0.717, 1.165) is 39.5 Å². The molecule has 224 valence electrons. The molecule has 0 aromatic heterocycles. The van der Waals surface area contributed by atoms with Gasteiger partial charge in [-0.15, -0.1) is 0 Å². The second-order valence-electron chi connectivity index (χ2n) is 12.1. The highest BCUT2D eigenvalue weighted by molar-refractivity contribution is 6.11. The minimum absolute atomic E-state index is 0.0325. The van der Waals surface area contributed by atoms with Crippen LogP contribution in [-0.2, 0) is 24.5 Å². The number of rotatable bonds is 14. The van der Waals surface area contributed by atoms with Gasteiger partial charge < -0.3 is 18.9 Å². The Balaban J connectivity index is 2.12. The zero-order chi connectivity index (χ0) is 30.3. The van der Waals surface area contributed by atoms with Crippen molar-refractivity contribution >= 4 is 33.5 Å². The summed E-state index contributed by atoms with van der Waals surface area (Å²) in [7, 11) is 0. The van der Waals surface area contributed by atoms with Crippen molar-refractivity contribution in [2.24, 2.45) is 11.8 Å². The molecule has 3 aromatic rings. The molecule has 3 rings (SSSR count). The van der Waals surface area contributed by atoms with Gasteiger partial charge in [0.1, 0.15) is 36.9 Å². The van der Waals surface area contributed by atoms with Crippen LogP contribution < -0.4 is 9.47 Å². The lowest BCUT2D eigenvalue weighted by atomic mass is 9.81. The van der Waals surface area contributed by atoms with Gasteiger partial charge in [-0.05, 0) is 36.3 Å². The van der Waals surface area contributed by atoms with Crippen LogP contribution in [0.4, 0.5) is 0 Å². The lowest BCUT2D eigenvalue weighted by molar-refractivity contribution is -0.155. The first-order chi connectivity index (χ1) is 19.4. The molecule has 0 aliphatic carbocycles. The van der Waals surface area contributed by atoms with Crippen molar-refractivity contribution in [1.82, 2.24) is 0 Å². The molecule has 0 heterocycles. The van der Waals surface area contributed by atoms with E-state index in [1.807, 2.05) is 65.8 Å². The molecule has 2 atom stereocenters. The van der Waals surface area contributed by atoms with E-state index in [9.17, 15) is 9.59 Å². The Bertz CT molecular complexity index is 1340. The molecule has 3 aromatic carbocycles. The molecule has 6 nitrogen and oxygen atoms in total. The minimum atomic E-state index is -0.356. The molecule has 0 saturated carbocycles. The van der Waals surface area contributed by atoms with E-state index in [0.29, 0.717) is 12.8 Å². The van der Waals surface area contributed by atoms with Crippen LogP contribution in [0.15, 0.2) is 42.5 Å². The molecule has 0 saturated heterocycles. The summed E-state index contributed by atoms with van der Waals surface area (Å²) in [5.74, 6) is 0.626. The second-order valence-corrected chi connectivity index (χ2v) is 12.1. The largest absolute Gasteiger partial charge is 0.488 e. The Labute approximate surface area is 245 Å². The van der Waals surface area contributed by atoms with Gasteiger partial charge in [-0.2, -0.15) is 0 Å². The van der Waals surface area contributed by atoms with Crippen LogP contribution in [-0.4, -0.2) is 37.4 Å². The summed E-state index contributed by atoms with van der Waals surface area (Å²) in [4.78, 5) is 24.6. The Morgan fingerprint density at radius 2 is 1.12 bits per heavy atom. The number of fused-ring (bicyclic) bond motifs is 2. The first-order valence-corrected chi connectivity index (χ1v) is 15.1. The van der Waals surface area contributed by atoms with Gasteiger partial charge in [0.2, 0.25) is 0 Å². The Morgan fingerprint density at radius 1 is 0.683 bits per heavy atom. The van der Waals surface area contributed by atoms with Crippen LogP contribution in [0.5, 0.6) is 11.5 Å². The topological polar surface area (TPSA) is 71.1 Å². The molecular weight excluding hydrogens is 516 g/mol. The molecular formula is C35H48O6. The highest BCUT2D eigenvalue weighted by Crippen LogP contribution is 2.44. The van der Waals surface area contributed by atoms with E-state index in [4.69, 9.17) is 18.9 Å². The first-order valence-electron chi connectivity index (χ1n) is 15.1. The summed E-state index contributed by atoms with van der Waals surface area (Å²) >= 11 is 0. The van der Waals surface area contributed by atoms with Gasteiger partial charge >= 0.3 is 11.9 Å². The number of hydrogen-bond donors (Lipinski definition) is 0. The summed E-state index contributed by atoms with van der Waals surface area (Å²) in [6, 6.07) is 14.5. The predicted octanol–water partition coefficient (Wildman–Crippen LogP) is 8.39. The van der Waals surface area contributed by atoms with Gasteiger partial charge in [0, 0.05) is 21.5 Å². The average molecular weight is 565 g/mol. The SMILES string of the molecule is CCC(COc1c2ccccc2c(OCC(CC)OC(=O)C(C)C)c2cc(C(C)(C)CC)ccc12)OC(=O)C(C)C. The zero-order valence-electron chi connectivity index (χ0n) is 26.3. The quantitative estimate of drug-likeness (QED) is 0.145. The van der Waals surface area contributed by atoms with Gasteiger partial charge in [-0.3, -0.25) is 9.59 Å². The normalized spacial score (nSPS) is 13.4. The van der Waals surface area contributed by atoms with Gasteiger partial charge in [0.25, 0.3) is 0 Å². The van der Waals surface area contributed by atoms with Crippen LogP contribution in [0.1, 0.15) is 87.1 Å². The van der Waals surface area contributed by atoms with Crippen molar-refractivity contribution in [1.29, 1.82) is 0 Å². The van der Waals surface area contributed by atoms with Crippen molar-refractivity contribution in [3.8, 4) is 11.5 Å². The Hall–Kier alpha value is -3.28. The summed E-state index contributed by atoms with van der Waals surface area (Å²) in [6.45, 7) is 18.5. The third-order valence-electron chi connectivity index (χ3n) is 7.84. The molecule has 0 N–H and O–H groups in total. The molecule has 0 aliphatic rings. The summed E-state index contributed by atoms with van der Waals surface area (Å²) in [5.41, 5.74) is 1.17. The second kappa shape index (κ2) is 14.1. The number of hydrogen-bond acceptors (Lipinski definition) is 6. The number of ether oxygens (including phenoxy) is 4. The van der Waals surface area contributed by atoms with E-state index in [1.54, 1.807) is 0 Å². The van der Waals surface area contributed by atoms with Crippen LogP contribution in [0, 0.1) is 11.8 Å². The molecule has 41 heavy (non-hydrogen) atoms. The summed E-state index contributed by atoms with van der Waals surface area (Å²) < 4.78 is 24.5. The smallest absolute Gasteiger partial charge is 0.308 e. The van der Waals surface area contributed by atoms with Crippen LogP contribution in [0.3, 0.4) is 0 Å². The van der Waals surface area contributed by atoms with Gasteiger partial charge in [-0.1, -0.05) is 98.7 Å². The maximum Gasteiger partial charge on any atom is 0.308 e. The number of esters is 2. The molecule has 0 amide bonds. The minimum Gasteiger partial charge on any atom is -0.488 e. The molecule has 0 bridgehead atoms. The third-order valence-corrected chi connectivity index (χ3v) is 7.84. The molecule has 0 fully saturated rings. The maximum absolute atomic E-state index is 12.3. The maximum atomic E-state index is 12.3. The predicted molar refractivity (Wildman–Crippen MR) is 166 cm³/mol. The van der Waals surface area contributed by atoms with Crippen molar-refractivity contribution in [3.05, 3.63) is 48.0 Å². The summed E-state index contributed by atoms with van der Waals surface area (Å²) in [6.07, 6.45) is 1.57. The Kier molecular flexibility index (Phi) is 11.1. The fourth-order valence-electron chi connectivity index (χ4n) is 4.46. The monoisotopic (exact) mass is 564 g/mol. The van der Waals surface area contributed by atoms with Crippen molar-refractivity contribution in [2.45, 2.75) is 99.2 Å². The van der Waals surface area contributed by atoms with E-state index in [1.165, 1.54) is 5.56 Å². The molecule has 2 unspecified atom stereocenters. The van der Waals surface area contributed by atoms with E-state index in [2.05, 4.69) is 39.0 Å². The van der Waals surface area contributed by atoms with Gasteiger partial charge in [-0.25, -0.2) is 0 Å². The lowest BCUT2D eigenvalue weighted by Crippen LogP contribution is -2.27. The molecule has 0 radical (unpaired) electrons. The van der Waals surface area contributed by atoms with E-state index in [-0.39, 0.29) is 54.6 Å². The highest BCUT2D eigenvalue weighted by Gasteiger charge is 2.24. The highest BCUT2D eigenvalue weighted by atomic mass is 16.6. The van der Waals surface area contributed by atoms with Crippen LogP contribution in [0.25, 0.3) is 21.5 Å². The Morgan fingerprint density at radius 3 is 1.54 bits per heavy atom. The fourth-order valence-corrected chi connectivity index (χ4v) is 4.46. The lowest BCUT2D eigenvalue weighted by Gasteiger charge is -2.26. The number of carbonyl (C=O) groups is 2. The van der Waals surface area contributed by atoms with Crippen molar-refractivity contribution in [2.75, 3.05) is 13.2 Å². The van der Waals surface area contributed by atoms with Crippen LogP contribution >= 0.6 is 0 Å². The molecule has 0 aliphatic heterocycles. The number of benzene rings is 3. The van der Waals surface area contributed by atoms with Gasteiger partial charge in [0.05, 0.1) is 11.8 Å². The van der Waals surface area contributed by atoms with E-state index < -0.39 is 0 Å². The van der Waals surface area contributed by atoms with Crippen molar-refractivity contribution < 1.29 is 28.5 Å².